The third-order valence-electron chi connectivity index (χ3n) is 3.18. The first-order chi connectivity index (χ1) is 12.0. The van der Waals surface area contributed by atoms with Gasteiger partial charge in [0.1, 0.15) is 11.5 Å². The average molecular weight is 364 g/mol. The number of benzene rings is 2. The minimum atomic E-state index is -0.852. The monoisotopic (exact) mass is 363 g/mol. The Balaban J connectivity index is 1.77. The first-order valence-electron chi connectivity index (χ1n) is 7.50. The second-order valence-electron chi connectivity index (χ2n) is 5.10. The molecule has 6 nitrogen and oxygen atoms in total. The lowest BCUT2D eigenvalue weighted by atomic mass is 10.3. The van der Waals surface area contributed by atoms with E-state index in [0.717, 1.165) is 0 Å². The van der Waals surface area contributed by atoms with Gasteiger partial charge in [-0.25, -0.2) is 4.79 Å². The van der Waals surface area contributed by atoms with Crippen LogP contribution in [0.4, 0.5) is 5.69 Å². The quantitative estimate of drug-likeness (QED) is 0.764. The number of halogens is 1. The van der Waals surface area contributed by atoms with Crippen molar-refractivity contribution in [2.45, 2.75) is 13.0 Å². The molecule has 1 N–H and O–H groups in total. The van der Waals surface area contributed by atoms with Crippen LogP contribution in [0.2, 0.25) is 5.02 Å². The van der Waals surface area contributed by atoms with E-state index in [-0.39, 0.29) is 0 Å². The number of nitrogens with one attached hydrogen (secondary N) is 1. The van der Waals surface area contributed by atoms with Crippen LogP contribution in [0.15, 0.2) is 48.5 Å². The Morgan fingerprint density at radius 2 is 1.64 bits per heavy atom. The smallest absolute Gasteiger partial charge is 0.347 e. The first kappa shape index (κ1) is 18.6. The van der Waals surface area contributed by atoms with Gasteiger partial charge in [-0.3, -0.25) is 4.79 Å². The van der Waals surface area contributed by atoms with Crippen molar-refractivity contribution in [2.75, 3.05) is 19.0 Å². The zero-order chi connectivity index (χ0) is 18.2. The molecule has 0 fully saturated rings. The van der Waals surface area contributed by atoms with Crippen LogP contribution in [-0.2, 0) is 14.3 Å². The number of amides is 1. The van der Waals surface area contributed by atoms with E-state index in [1.54, 1.807) is 55.6 Å². The molecule has 0 saturated carbocycles. The Labute approximate surface area is 150 Å². The van der Waals surface area contributed by atoms with E-state index in [2.05, 4.69) is 5.32 Å². The molecule has 0 radical (unpaired) electrons. The van der Waals surface area contributed by atoms with Crippen LogP contribution in [0.3, 0.4) is 0 Å². The number of carbonyl (C=O) groups excluding carboxylic acids is 2. The van der Waals surface area contributed by atoms with Crippen molar-refractivity contribution in [1.29, 1.82) is 0 Å². The maximum atomic E-state index is 11.9. The van der Waals surface area contributed by atoms with E-state index in [1.807, 2.05) is 0 Å². The van der Waals surface area contributed by atoms with Crippen molar-refractivity contribution in [2.24, 2.45) is 0 Å². The molecule has 0 saturated heterocycles. The minimum Gasteiger partial charge on any atom is -0.497 e. The maximum Gasteiger partial charge on any atom is 0.347 e. The SMILES string of the molecule is COc1ccc(NC(=O)COC(=O)[C@@H](C)Oc2ccc(Cl)cc2)cc1. The molecule has 0 aliphatic rings. The molecular formula is C18H18ClNO5. The van der Waals surface area contributed by atoms with Gasteiger partial charge in [-0.2, -0.15) is 0 Å². The van der Waals surface area contributed by atoms with E-state index in [9.17, 15) is 9.59 Å². The minimum absolute atomic E-state index is 0.404. The summed E-state index contributed by atoms with van der Waals surface area (Å²) in [6.45, 7) is 1.14. The second-order valence-corrected chi connectivity index (χ2v) is 5.53. The van der Waals surface area contributed by atoms with Crippen LogP contribution in [0.5, 0.6) is 11.5 Å². The topological polar surface area (TPSA) is 73.9 Å². The molecule has 132 valence electrons. The third-order valence-corrected chi connectivity index (χ3v) is 3.43. The van der Waals surface area contributed by atoms with Crippen LogP contribution in [0.1, 0.15) is 6.92 Å². The van der Waals surface area contributed by atoms with Crippen LogP contribution < -0.4 is 14.8 Å². The number of anilines is 1. The molecule has 0 aromatic heterocycles. The van der Waals surface area contributed by atoms with Gasteiger partial charge in [-0.05, 0) is 55.5 Å². The summed E-state index contributed by atoms with van der Waals surface area (Å²) in [5, 5.41) is 3.18. The van der Waals surface area contributed by atoms with Crippen molar-refractivity contribution in [1.82, 2.24) is 0 Å². The normalized spacial score (nSPS) is 11.3. The lowest BCUT2D eigenvalue weighted by Gasteiger charge is -2.14. The highest BCUT2D eigenvalue weighted by molar-refractivity contribution is 6.30. The van der Waals surface area contributed by atoms with E-state index in [0.29, 0.717) is 22.2 Å². The predicted molar refractivity (Wildman–Crippen MR) is 94.1 cm³/mol. The Bertz CT molecular complexity index is 715. The summed E-state index contributed by atoms with van der Waals surface area (Å²) in [6, 6.07) is 13.4. The first-order valence-corrected chi connectivity index (χ1v) is 7.88. The summed E-state index contributed by atoms with van der Waals surface area (Å²) in [6.07, 6.45) is -0.852. The zero-order valence-electron chi connectivity index (χ0n) is 13.8. The summed E-state index contributed by atoms with van der Waals surface area (Å²) >= 11 is 5.78. The highest BCUT2D eigenvalue weighted by Gasteiger charge is 2.18. The van der Waals surface area contributed by atoms with Crippen LogP contribution in [-0.4, -0.2) is 31.7 Å². The van der Waals surface area contributed by atoms with E-state index in [4.69, 9.17) is 25.8 Å². The summed E-state index contributed by atoms with van der Waals surface area (Å²) in [4.78, 5) is 23.7. The van der Waals surface area contributed by atoms with Gasteiger partial charge in [0.05, 0.1) is 7.11 Å². The Kier molecular flexibility index (Phi) is 6.65. The number of hydrogen-bond donors (Lipinski definition) is 1. The molecule has 0 unspecified atom stereocenters. The largest absolute Gasteiger partial charge is 0.497 e. The van der Waals surface area contributed by atoms with Gasteiger partial charge in [-0.15, -0.1) is 0 Å². The van der Waals surface area contributed by atoms with Crippen molar-refractivity contribution >= 4 is 29.2 Å². The van der Waals surface area contributed by atoms with Gasteiger partial charge >= 0.3 is 5.97 Å². The van der Waals surface area contributed by atoms with Crippen molar-refractivity contribution in [3.05, 3.63) is 53.6 Å². The molecule has 25 heavy (non-hydrogen) atoms. The van der Waals surface area contributed by atoms with Crippen LogP contribution in [0.25, 0.3) is 0 Å². The number of ether oxygens (including phenoxy) is 3. The lowest BCUT2D eigenvalue weighted by molar-refractivity contribution is -0.153. The summed E-state index contributed by atoms with van der Waals surface area (Å²) < 4.78 is 15.4. The van der Waals surface area contributed by atoms with E-state index >= 15 is 0 Å². The molecule has 1 atom stereocenters. The van der Waals surface area contributed by atoms with Crippen molar-refractivity contribution < 1.29 is 23.8 Å². The maximum absolute atomic E-state index is 11.9. The summed E-state index contributed by atoms with van der Waals surface area (Å²) in [5.74, 6) is 0.0752. The molecule has 2 rings (SSSR count). The molecule has 0 aliphatic heterocycles. The molecule has 2 aromatic carbocycles. The van der Waals surface area contributed by atoms with Gasteiger partial charge < -0.3 is 19.5 Å². The predicted octanol–water partition coefficient (Wildman–Crippen LogP) is 3.30. The Morgan fingerprint density at radius 3 is 2.24 bits per heavy atom. The molecule has 1 amide bonds. The fraction of sp³-hybridized carbons (Fsp3) is 0.222. The Morgan fingerprint density at radius 1 is 1.04 bits per heavy atom. The average Bonchev–Trinajstić information content (AvgIpc) is 2.62. The highest BCUT2D eigenvalue weighted by Crippen LogP contribution is 2.17. The summed E-state index contributed by atoms with van der Waals surface area (Å²) in [7, 11) is 1.56. The molecular weight excluding hydrogens is 346 g/mol. The van der Waals surface area contributed by atoms with Crippen LogP contribution >= 0.6 is 11.6 Å². The van der Waals surface area contributed by atoms with Crippen LogP contribution in [0, 0.1) is 0 Å². The van der Waals surface area contributed by atoms with Gasteiger partial charge in [-0.1, -0.05) is 11.6 Å². The fourth-order valence-electron chi connectivity index (χ4n) is 1.89. The molecule has 0 bridgehead atoms. The van der Waals surface area contributed by atoms with Gasteiger partial charge in [0.2, 0.25) is 0 Å². The van der Waals surface area contributed by atoms with Crippen molar-refractivity contribution in [3.8, 4) is 11.5 Å². The second kappa shape index (κ2) is 8.94. The number of rotatable bonds is 7. The number of hydrogen-bond acceptors (Lipinski definition) is 5. The molecule has 0 aliphatic carbocycles. The third kappa shape index (κ3) is 6.00. The molecule has 0 spiro atoms. The number of esters is 1. The highest BCUT2D eigenvalue weighted by atomic mass is 35.5. The molecule has 7 heteroatoms. The van der Waals surface area contributed by atoms with E-state index in [1.165, 1.54) is 6.92 Å². The van der Waals surface area contributed by atoms with Gasteiger partial charge in [0, 0.05) is 10.7 Å². The zero-order valence-corrected chi connectivity index (χ0v) is 14.6. The summed E-state index contributed by atoms with van der Waals surface area (Å²) in [5.41, 5.74) is 0.576. The van der Waals surface area contributed by atoms with Gasteiger partial charge in [0.15, 0.2) is 12.7 Å². The Hall–Kier alpha value is -2.73. The lowest BCUT2D eigenvalue weighted by Crippen LogP contribution is -2.29. The van der Waals surface area contributed by atoms with Gasteiger partial charge in [0.25, 0.3) is 5.91 Å². The number of carbonyl (C=O) groups is 2. The molecule has 2 aromatic rings. The van der Waals surface area contributed by atoms with Crippen molar-refractivity contribution in [3.63, 3.8) is 0 Å². The molecule has 0 heterocycles. The van der Waals surface area contributed by atoms with E-state index < -0.39 is 24.6 Å². The standard InChI is InChI=1S/C18H18ClNO5/c1-12(25-16-7-3-13(19)4-8-16)18(22)24-11-17(21)20-14-5-9-15(23-2)10-6-14/h3-10,12H,11H2,1-2H3,(H,20,21)/t12-/m1/s1. The fourth-order valence-corrected chi connectivity index (χ4v) is 2.02. The number of methoxy groups -OCH3 is 1.